The number of pyridine rings is 1. The van der Waals surface area contributed by atoms with Crippen molar-refractivity contribution in [3.05, 3.63) is 58.9 Å². The van der Waals surface area contributed by atoms with E-state index in [9.17, 15) is 9.59 Å². The average Bonchev–Trinajstić information content (AvgIpc) is 2.55. The average molecular weight is 347 g/mol. The molecule has 1 N–H and O–H groups in total. The Morgan fingerprint density at radius 2 is 1.79 bits per heavy atom. The number of carbonyl (C=O) groups excluding carboxylic acids is 2. The molecule has 1 aromatic carbocycles. The lowest BCUT2D eigenvalue weighted by atomic mass is 10.0. The number of rotatable bonds is 5. The van der Waals surface area contributed by atoms with E-state index < -0.39 is 18.0 Å². The second kappa shape index (κ2) is 7.93. The molecule has 0 aliphatic heterocycles. The monoisotopic (exact) mass is 346 g/mol. The van der Waals surface area contributed by atoms with E-state index in [2.05, 4.69) is 24.1 Å². The molecule has 0 bridgehead atoms. The Balaban J connectivity index is 1.97. The van der Waals surface area contributed by atoms with Crippen LogP contribution in [0, 0.1) is 0 Å². The Hall–Kier alpha value is -2.40. The largest absolute Gasteiger partial charge is 0.449 e. The number of aromatic nitrogens is 1. The molecule has 24 heavy (non-hydrogen) atoms. The minimum atomic E-state index is -0.960. The van der Waals surface area contributed by atoms with Gasteiger partial charge in [0.25, 0.3) is 5.91 Å². The highest BCUT2D eigenvalue weighted by molar-refractivity contribution is 6.32. The van der Waals surface area contributed by atoms with Gasteiger partial charge in [-0.25, -0.2) is 9.78 Å². The predicted molar refractivity (Wildman–Crippen MR) is 93.3 cm³/mol. The number of halogens is 1. The molecule has 0 radical (unpaired) electrons. The number of anilines is 1. The molecule has 0 saturated heterocycles. The maximum Gasteiger partial charge on any atom is 0.342 e. The van der Waals surface area contributed by atoms with Gasteiger partial charge in [-0.3, -0.25) is 4.79 Å². The quantitative estimate of drug-likeness (QED) is 0.655. The van der Waals surface area contributed by atoms with Gasteiger partial charge in [-0.2, -0.15) is 0 Å². The number of amides is 1. The molecule has 6 heteroatoms. The fourth-order valence-electron chi connectivity index (χ4n) is 2.01. The first-order valence-corrected chi connectivity index (χ1v) is 7.98. The van der Waals surface area contributed by atoms with Gasteiger partial charge >= 0.3 is 5.97 Å². The van der Waals surface area contributed by atoms with Crippen LogP contribution in [0.4, 0.5) is 5.69 Å². The first kappa shape index (κ1) is 17.9. The summed E-state index contributed by atoms with van der Waals surface area (Å²) < 4.78 is 5.14. The predicted octanol–water partition coefficient (Wildman–Crippen LogP) is 4.04. The standard InChI is InChI=1S/C18H19ClN2O3/c1-11(2)13-6-8-14(9-7-13)21-17(22)12(3)24-18(23)15-5-4-10-20-16(15)19/h4-12H,1-3H3,(H,21,22)/t12-/m0/s1. The topological polar surface area (TPSA) is 68.3 Å². The van der Waals surface area contributed by atoms with E-state index in [-0.39, 0.29) is 10.7 Å². The first-order chi connectivity index (χ1) is 11.4. The summed E-state index contributed by atoms with van der Waals surface area (Å²) in [6.07, 6.45) is 0.509. The zero-order valence-corrected chi connectivity index (χ0v) is 14.5. The number of hydrogen-bond donors (Lipinski definition) is 1. The second-order valence-electron chi connectivity index (χ2n) is 5.66. The van der Waals surface area contributed by atoms with E-state index in [1.54, 1.807) is 6.07 Å². The molecule has 5 nitrogen and oxygen atoms in total. The van der Waals surface area contributed by atoms with Gasteiger partial charge in [-0.05, 0) is 42.7 Å². The molecule has 0 fully saturated rings. The van der Waals surface area contributed by atoms with Crippen LogP contribution in [0.25, 0.3) is 0 Å². The van der Waals surface area contributed by atoms with Crippen molar-refractivity contribution in [3.8, 4) is 0 Å². The molecule has 0 saturated carbocycles. The smallest absolute Gasteiger partial charge is 0.342 e. The molecule has 2 aromatic rings. The summed E-state index contributed by atoms with van der Waals surface area (Å²) in [5.41, 5.74) is 1.95. The maximum atomic E-state index is 12.1. The van der Waals surface area contributed by atoms with E-state index in [0.29, 0.717) is 11.6 Å². The van der Waals surface area contributed by atoms with Gasteiger partial charge in [-0.1, -0.05) is 37.6 Å². The van der Waals surface area contributed by atoms with Crippen LogP contribution in [0.3, 0.4) is 0 Å². The third-order valence-electron chi connectivity index (χ3n) is 3.48. The Bertz CT molecular complexity index is 729. The third-order valence-corrected chi connectivity index (χ3v) is 3.78. The lowest BCUT2D eigenvalue weighted by molar-refractivity contribution is -0.123. The van der Waals surface area contributed by atoms with Gasteiger partial charge in [0.15, 0.2) is 6.10 Å². The first-order valence-electron chi connectivity index (χ1n) is 7.60. The summed E-state index contributed by atoms with van der Waals surface area (Å²) in [6.45, 7) is 5.69. The summed E-state index contributed by atoms with van der Waals surface area (Å²) in [5.74, 6) is -0.689. The van der Waals surface area contributed by atoms with Gasteiger partial charge in [-0.15, -0.1) is 0 Å². The lowest BCUT2D eigenvalue weighted by Gasteiger charge is -2.14. The van der Waals surface area contributed by atoms with Crippen LogP contribution >= 0.6 is 11.6 Å². The van der Waals surface area contributed by atoms with E-state index in [1.807, 2.05) is 24.3 Å². The van der Waals surface area contributed by atoms with Crippen molar-refractivity contribution in [2.24, 2.45) is 0 Å². The van der Waals surface area contributed by atoms with E-state index in [1.165, 1.54) is 24.8 Å². The fraction of sp³-hybridized carbons (Fsp3) is 0.278. The molecule has 126 valence electrons. The Kier molecular flexibility index (Phi) is 5.93. The number of ether oxygens (including phenoxy) is 1. The third kappa shape index (κ3) is 4.55. The van der Waals surface area contributed by atoms with Crippen LogP contribution < -0.4 is 5.32 Å². The normalized spacial score (nSPS) is 11.9. The molecule has 0 aliphatic carbocycles. The number of carbonyl (C=O) groups is 2. The zero-order chi connectivity index (χ0) is 17.7. The minimum Gasteiger partial charge on any atom is -0.449 e. The van der Waals surface area contributed by atoms with Gasteiger partial charge in [0, 0.05) is 11.9 Å². The van der Waals surface area contributed by atoms with E-state index >= 15 is 0 Å². The molecular formula is C18H19ClN2O3. The van der Waals surface area contributed by atoms with Crippen molar-refractivity contribution in [1.82, 2.24) is 4.98 Å². The summed E-state index contributed by atoms with van der Waals surface area (Å²) >= 11 is 5.84. The van der Waals surface area contributed by atoms with Crippen LogP contribution in [0.2, 0.25) is 5.15 Å². The highest BCUT2D eigenvalue weighted by Gasteiger charge is 2.21. The van der Waals surface area contributed by atoms with Crippen molar-refractivity contribution in [2.45, 2.75) is 32.8 Å². The number of esters is 1. The maximum absolute atomic E-state index is 12.1. The molecule has 0 unspecified atom stereocenters. The zero-order valence-electron chi connectivity index (χ0n) is 13.7. The van der Waals surface area contributed by atoms with Crippen LogP contribution in [-0.2, 0) is 9.53 Å². The van der Waals surface area contributed by atoms with Crippen LogP contribution in [0.5, 0.6) is 0 Å². The van der Waals surface area contributed by atoms with Gasteiger partial charge < -0.3 is 10.1 Å². The molecule has 1 amide bonds. The molecule has 1 heterocycles. The number of benzene rings is 1. The van der Waals surface area contributed by atoms with Gasteiger partial charge in [0.05, 0.1) is 5.56 Å². The Morgan fingerprint density at radius 1 is 1.12 bits per heavy atom. The van der Waals surface area contributed by atoms with Crippen molar-refractivity contribution in [1.29, 1.82) is 0 Å². The SMILES string of the molecule is CC(C)c1ccc(NC(=O)[C@H](C)OC(=O)c2cccnc2Cl)cc1. The number of nitrogens with one attached hydrogen (secondary N) is 1. The molecule has 1 atom stereocenters. The fourth-order valence-corrected chi connectivity index (χ4v) is 2.21. The molecular weight excluding hydrogens is 328 g/mol. The number of hydrogen-bond acceptors (Lipinski definition) is 4. The summed E-state index contributed by atoms with van der Waals surface area (Å²) in [7, 11) is 0. The molecule has 0 aliphatic rings. The lowest BCUT2D eigenvalue weighted by Crippen LogP contribution is -2.30. The molecule has 2 rings (SSSR count). The second-order valence-corrected chi connectivity index (χ2v) is 6.01. The minimum absolute atomic E-state index is 0.0411. The number of nitrogens with zero attached hydrogens (tertiary/aromatic N) is 1. The van der Waals surface area contributed by atoms with Crippen LogP contribution in [0.15, 0.2) is 42.6 Å². The van der Waals surface area contributed by atoms with E-state index in [4.69, 9.17) is 16.3 Å². The van der Waals surface area contributed by atoms with Gasteiger partial charge in [0.2, 0.25) is 0 Å². The Labute approximate surface area is 146 Å². The Morgan fingerprint density at radius 3 is 2.38 bits per heavy atom. The van der Waals surface area contributed by atoms with Crippen molar-refractivity contribution in [3.63, 3.8) is 0 Å². The summed E-state index contributed by atoms with van der Waals surface area (Å²) in [6, 6.07) is 10.6. The molecule has 1 aromatic heterocycles. The van der Waals surface area contributed by atoms with Crippen molar-refractivity contribution in [2.75, 3.05) is 5.32 Å². The summed E-state index contributed by atoms with van der Waals surface area (Å²) in [5, 5.41) is 2.76. The van der Waals surface area contributed by atoms with Crippen molar-refractivity contribution < 1.29 is 14.3 Å². The van der Waals surface area contributed by atoms with E-state index in [0.717, 1.165) is 0 Å². The van der Waals surface area contributed by atoms with Crippen molar-refractivity contribution >= 4 is 29.2 Å². The van der Waals surface area contributed by atoms with Gasteiger partial charge in [0.1, 0.15) is 5.15 Å². The summed E-state index contributed by atoms with van der Waals surface area (Å²) in [4.78, 5) is 28.0. The van der Waals surface area contributed by atoms with Crippen LogP contribution in [-0.4, -0.2) is 23.0 Å². The highest BCUT2D eigenvalue weighted by Crippen LogP contribution is 2.18. The molecule has 0 spiro atoms. The highest BCUT2D eigenvalue weighted by atomic mass is 35.5. The van der Waals surface area contributed by atoms with Crippen LogP contribution in [0.1, 0.15) is 42.6 Å².